The first kappa shape index (κ1) is 14.3. The fourth-order valence-corrected chi connectivity index (χ4v) is 1.71. The van der Waals surface area contributed by atoms with E-state index in [4.69, 9.17) is 10.2 Å². The van der Waals surface area contributed by atoms with Crippen molar-refractivity contribution in [1.82, 2.24) is 10.2 Å². The summed E-state index contributed by atoms with van der Waals surface area (Å²) >= 11 is 0. The van der Waals surface area contributed by atoms with Crippen LogP contribution in [0.5, 0.6) is 0 Å². The highest BCUT2D eigenvalue weighted by atomic mass is 16.4. The first-order valence-corrected chi connectivity index (χ1v) is 5.97. The molecule has 0 aromatic carbocycles. The summed E-state index contributed by atoms with van der Waals surface area (Å²) in [6, 6.07) is -1.39. The summed E-state index contributed by atoms with van der Waals surface area (Å²) in [4.78, 5) is 34.7. The summed E-state index contributed by atoms with van der Waals surface area (Å²) in [5, 5.41) is 19.8. The standard InChI is InChI=1S/C11H18N2O5/c1-2-13(7-3-4-7)11(18)12-8(10(16)17)5-6-9(14)15/h7-8H,2-6H2,1H3,(H,12,18)(H,14,15)(H,16,17). The first-order valence-electron chi connectivity index (χ1n) is 5.97. The van der Waals surface area contributed by atoms with E-state index in [9.17, 15) is 14.4 Å². The highest BCUT2D eigenvalue weighted by Crippen LogP contribution is 2.26. The average molecular weight is 258 g/mol. The van der Waals surface area contributed by atoms with E-state index in [0.29, 0.717) is 6.54 Å². The fraction of sp³-hybridized carbons (Fsp3) is 0.727. The van der Waals surface area contributed by atoms with Crippen LogP contribution in [0, 0.1) is 0 Å². The van der Waals surface area contributed by atoms with Crippen molar-refractivity contribution in [2.24, 2.45) is 0 Å². The second-order valence-electron chi connectivity index (χ2n) is 4.29. The van der Waals surface area contributed by atoms with Crippen LogP contribution in [0.3, 0.4) is 0 Å². The van der Waals surface area contributed by atoms with Gasteiger partial charge in [0.25, 0.3) is 0 Å². The molecule has 0 radical (unpaired) electrons. The number of carboxylic acids is 2. The SMILES string of the molecule is CCN(C(=O)NC(CCC(=O)O)C(=O)O)C1CC1. The highest BCUT2D eigenvalue weighted by molar-refractivity contribution is 5.83. The van der Waals surface area contributed by atoms with Gasteiger partial charge in [0.15, 0.2) is 0 Å². The number of amides is 2. The third-order valence-electron chi connectivity index (χ3n) is 2.83. The number of hydrogen-bond acceptors (Lipinski definition) is 3. The zero-order chi connectivity index (χ0) is 13.7. The predicted octanol–water partition coefficient (Wildman–Crippen LogP) is 0.498. The van der Waals surface area contributed by atoms with Crippen molar-refractivity contribution < 1.29 is 24.6 Å². The lowest BCUT2D eigenvalue weighted by Gasteiger charge is -2.23. The Morgan fingerprint density at radius 2 is 1.94 bits per heavy atom. The molecule has 0 aliphatic heterocycles. The number of carbonyl (C=O) groups is 3. The lowest BCUT2D eigenvalue weighted by Crippen LogP contribution is -2.48. The molecule has 102 valence electrons. The van der Waals surface area contributed by atoms with Crippen LogP contribution in [0.25, 0.3) is 0 Å². The number of rotatable bonds is 7. The molecule has 0 bridgehead atoms. The number of hydrogen-bond donors (Lipinski definition) is 3. The van der Waals surface area contributed by atoms with E-state index < -0.39 is 24.0 Å². The Kier molecular flexibility index (Phi) is 4.94. The van der Waals surface area contributed by atoms with Crippen LogP contribution in [0.15, 0.2) is 0 Å². The number of urea groups is 1. The minimum absolute atomic E-state index is 0.112. The number of carbonyl (C=O) groups excluding carboxylic acids is 1. The molecule has 1 fully saturated rings. The van der Waals surface area contributed by atoms with E-state index in [-0.39, 0.29) is 18.9 Å². The molecule has 0 aromatic rings. The minimum atomic E-state index is -1.21. The fourth-order valence-electron chi connectivity index (χ4n) is 1.71. The Hall–Kier alpha value is -1.79. The van der Waals surface area contributed by atoms with Crippen molar-refractivity contribution in [2.45, 2.75) is 44.7 Å². The van der Waals surface area contributed by atoms with Crippen LogP contribution < -0.4 is 5.32 Å². The maximum Gasteiger partial charge on any atom is 0.326 e. The van der Waals surface area contributed by atoms with Crippen LogP contribution >= 0.6 is 0 Å². The molecule has 2 amide bonds. The van der Waals surface area contributed by atoms with Gasteiger partial charge in [0, 0.05) is 19.0 Å². The van der Waals surface area contributed by atoms with Crippen LogP contribution in [-0.4, -0.2) is 51.7 Å². The minimum Gasteiger partial charge on any atom is -0.481 e. The topological polar surface area (TPSA) is 107 Å². The van der Waals surface area contributed by atoms with E-state index in [0.717, 1.165) is 12.8 Å². The largest absolute Gasteiger partial charge is 0.481 e. The maximum atomic E-state index is 11.8. The van der Waals surface area contributed by atoms with Gasteiger partial charge in [-0.3, -0.25) is 4.79 Å². The zero-order valence-corrected chi connectivity index (χ0v) is 10.3. The monoisotopic (exact) mass is 258 g/mol. The first-order chi connectivity index (χ1) is 8.45. The van der Waals surface area contributed by atoms with E-state index in [1.165, 1.54) is 0 Å². The Balaban J connectivity index is 2.50. The lowest BCUT2D eigenvalue weighted by molar-refractivity contribution is -0.140. The summed E-state index contributed by atoms with van der Waals surface area (Å²) in [6.07, 6.45) is 1.48. The molecule has 18 heavy (non-hydrogen) atoms. The Bertz CT molecular complexity index is 340. The van der Waals surface area contributed by atoms with Crippen molar-refractivity contribution in [3.8, 4) is 0 Å². The van der Waals surface area contributed by atoms with E-state index in [2.05, 4.69) is 5.32 Å². The van der Waals surface area contributed by atoms with Gasteiger partial charge in [-0.05, 0) is 26.2 Å². The number of nitrogens with one attached hydrogen (secondary N) is 1. The summed E-state index contributed by atoms with van der Waals surface area (Å²) in [6.45, 7) is 2.34. The van der Waals surface area contributed by atoms with Crippen LogP contribution in [0.1, 0.15) is 32.6 Å². The molecule has 0 spiro atoms. The zero-order valence-electron chi connectivity index (χ0n) is 10.3. The smallest absolute Gasteiger partial charge is 0.326 e. The molecule has 0 saturated heterocycles. The summed E-state index contributed by atoms with van der Waals surface area (Å²) in [5.41, 5.74) is 0. The molecule has 1 atom stereocenters. The molecule has 1 saturated carbocycles. The Labute approximate surface area is 105 Å². The summed E-state index contributed by atoms with van der Waals surface area (Å²) < 4.78 is 0. The van der Waals surface area contributed by atoms with Crippen molar-refractivity contribution in [1.29, 1.82) is 0 Å². The van der Waals surface area contributed by atoms with Crippen molar-refractivity contribution in [3.63, 3.8) is 0 Å². The van der Waals surface area contributed by atoms with Crippen molar-refractivity contribution >= 4 is 18.0 Å². The Morgan fingerprint density at radius 1 is 1.33 bits per heavy atom. The maximum absolute atomic E-state index is 11.8. The van der Waals surface area contributed by atoms with Gasteiger partial charge >= 0.3 is 18.0 Å². The van der Waals surface area contributed by atoms with E-state index in [1.807, 2.05) is 6.92 Å². The normalized spacial score (nSPS) is 15.8. The van der Waals surface area contributed by atoms with Crippen LogP contribution in [0.4, 0.5) is 4.79 Å². The summed E-state index contributed by atoms with van der Waals surface area (Å²) in [5.74, 6) is -2.29. The van der Waals surface area contributed by atoms with Gasteiger partial charge in [0.1, 0.15) is 6.04 Å². The van der Waals surface area contributed by atoms with Gasteiger partial charge in [-0.15, -0.1) is 0 Å². The quantitative estimate of drug-likeness (QED) is 0.616. The average Bonchev–Trinajstić information content (AvgIpc) is 3.08. The lowest BCUT2D eigenvalue weighted by atomic mass is 10.1. The molecule has 7 nitrogen and oxygen atoms in total. The number of nitrogens with zero attached hydrogens (tertiary/aromatic N) is 1. The van der Waals surface area contributed by atoms with Gasteiger partial charge in [-0.2, -0.15) is 0 Å². The number of carboxylic acid groups (broad SMARTS) is 2. The third-order valence-corrected chi connectivity index (χ3v) is 2.83. The Morgan fingerprint density at radius 3 is 2.33 bits per heavy atom. The molecule has 1 aliphatic carbocycles. The van der Waals surface area contributed by atoms with Crippen molar-refractivity contribution in [3.05, 3.63) is 0 Å². The second-order valence-corrected chi connectivity index (χ2v) is 4.29. The molecule has 7 heteroatoms. The van der Waals surface area contributed by atoms with Gasteiger partial charge in [0.2, 0.25) is 0 Å². The van der Waals surface area contributed by atoms with Crippen LogP contribution in [-0.2, 0) is 9.59 Å². The molecule has 0 aromatic heterocycles. The van der Waals surface area contributed by atoms with E-state index >= 15 is 0 Å². The molecule has 1 aliphatic rings. The van der Waals surface area contributed by atoms with Crippen LogP contribution in [0.2, 0.25) is 0 Å². The van der Waals surface area contributed by atoms with Gasteiger partial charge in [0.05, 0.1) is 0 Å². The summed E-state index contributed by atoms with van der Waals surface area (Å²) in [7, 11) is 0. The van der Waals surface area contributed by atoms with Gasteiger partial charge in [-0.1, -0.05) is 0 Å². The second kappa shape index (κ2) is 6.23. The predicted molar refractivity (Wildman–Crippen MR) is 62.2 cm³/mol. The van der Waals surface area contributed by atoms with Gasteiger partial charge in [-0.25, -0.2) is 9.59 Å². The van der Waals surface area contributed by atoms with Gasteiger partial charge < -0.3 is 20.4 Å². The third kappa shape index (κ3) is 4.23. The number of aliphatic carboxylic acids is 2. The molecule has 0 heterocycles. The molecular formula is C11H18N2O5. The molecule has 1 unspecified atom stereocenters. The highest BCUT2D eigenvalue weighted by Gasteiger charge is 2.33. The van der Waals surface area contributed by atoms with E-state index in [1.54, 1.807) is 4.90 Å². The van der Waals surface area contributed by atoms with Crippen molar-refractivity contribution in [2.75, 3.05) is 6.54 Å². The molecular weight excluding hydrogens is 240 g/mol. The molecule has 1 rings (SSSR count). The molecule has 3 N–H and O–H groups in total.